The maximum absolute atomic E-state index is 12.6. The first-order chi connectivity index (χ1) is 10.0. The number of aromatic nitrogens is 2. The van der Waals surface area contributed by atoms with Gasteiger partial charge in [-0.15, -0.1) is 0 Å². The van der Waals surface area contributed by atoms with Gasteiger partial charge in [0.1, 0.15) is 0 Å². The molecule has 0 aliphatic carbocycles. The van der Waals surface area contributed by atoms with E-state index in [4.69, 9.17) is 0 Å². The molecule has 114 valence electrons. The zero-order chi connectivity index (χ0) is 15.3. The smallest absolute Gasteiger partial charge is 0.317 e. The second-order valence-corrected chi connectivity index (χ2v) is 4.80. The molecule has 0 amide bonds. The van der Waals surface area contributed by atoms with E-state index < -0.39 is 11.7 Å². The lowest BCUT2D eigenvalue weighted by atomic mass is 10.0. The summed E-state index contributed by atoms with van der Waals surface area (Å²) in [5.41, 5.74) is 1.40. The Morgan fingerprint density at radius 2 is 1.90 bits per heavy atom. The maximum atomic E-state index is 12.6. The van der Waals surface area contributed by atoms with Crippen molar-refractivity contribution in [1.29, 1.82) is 0 Å². The molecule has 1 heterocycles. The normalized spacial score (nSPS) is 11.8. The first-order valence-electron chi connectivity index (χ1n) is 6.88. The van der Waals surface area contributed by atoms with Crippen LogP contribution in [0.15, 0.2) is 36.7 Å². The molecule has 0 saturated heterocycles. The minimum absolute atomic E-state index is 0.346. The number of alkyl halides is 3. The highest BCUT2D eigenvalue weighted by atomic mass is 19.4. The molecule has 1 aromatic heterocycles. The van der Waals surface area contributed by atoms with E-state index in [0.29, 0.717) is 6.54 Å². The van der Waals surface area contributed by atoms with Crippen LogP contribution in [-0.2, 0) is 19.1 Å². The first kappa shape index (κ1) is 15.6. The van der Waals surface area contributed by atoms with Crippen LogP contribution in [-0.4, -0.2) is 22.9 Å². The summed E-state index contributed by atoms with van der Waals surface area (Å²) in [4.78, 5) is 0. The molecule has 0 radical (unpaired) electrons. The lowest BCUT2D eigenvalue weighted by molar-refractivity contribution is -0.137. The summed E-state index contributed by atoms with van der Waals surface area (Å²) in [7, 11) is 0. The minimum atomic E-state index is -4.34. The van der Waals surface area contributed by atoms with Gasteiger partial charge >= 0.3 is 6.18 Å². The van der Waals surface area contributed by atoms with Gasteiger partial charge in [0.25, 0.3) is 0 Å². The van der Waals surface area contributed by atoms with E-state index in [1.165, 1.54) is 4.68 Å². The molecule has 0 bridgehead atoms. The summed E-state index contributed by atoms with van der Waals surface area (Å²) in [6.45, 7) is 4.13. The van der Waals surface area contributed by atoms with E-state index >= 15 is 0 Å². The van der Waals surface area contributed by atoms with Crippen LogP contribution in [0, 0.1) is 0 Å². The van der Waals surface area contributed by atoms with Crippen LogP contribution in [0.2, 0.25) is 0 Å². The summed E-state index contributed by atoms with van der Waals surface area (Å²) in [5, 5.41) is 7.04. The molecular weight excluding hydrogens is 279 g/mol. The van der Waals surface area contributed by atoms with Gasteiger partial charge in [-0.1, -0.05) is 31.2 Å². The van der Waals surface area contributed by atoms with Gasteiger partial charge in [-0.25, -0.2) is 0 Å². The zero-order valence-electron chi connectivity index (χ0n) is 11.8. The molecule has 2 rings (SSSR count). The van der Waals surface area contributed by atoms with Crippen LogP contribution in [0.1, 0.15) is 23.6 Å². The number of nitrogens with one attached hydrogen (secondary N) is 1. The number of nitrogens with zero attached hydrogens (tertiary/aromatic N) is 2. The highest BCUT2D eigenvalue weighted by Crippen LogP contribution is 2.28. The standard InChI is InChI=1S/C15H18F3N3/c1-2-19-8-7-12-5-3-4-6-13(12)10-21-11-14(9-20-21)15(16,17)18/h3-6,9,11,19H,2,7-8,10H2,1H3. The third-order valence-corrected chi connectivity index (χ3v) is 3.23. The van der Waals surface area contributed by atoms with Crippen molar-refractivity contribution in [3.05, 3.63) is 53.3 Å². The molecule has 1 aromatic carbocycles. The fourth-order valence-corrected chi connectivity index (χ4v) is 2.13. The van der Waals surface area contributed by atoms with Crippen LogP contribution in [0.25, 0.3) is 0 Å². The SMILES string of the molecule is CCNCCc1ccccc1Cn1cc(C(F)(F)F)cn1. The third-order valence-electron chi connectivity index (χ3n) is 3.23. The van der Waals surface area contributed by atoms with Crippen molar-refractivity contribution in [2.24, 2.45) is 0 Å². The average Bonchev–Trinajstić information content (AvgIpc) is 2.89. The predicted molar refractivity (Wildman–Crippen MR) is 75.0 cm³/mol. The molecule has 21 heavy (non-hydrogen) atoms. The molecule has 0 aliphatic rings. The van der Waals surface area contributed by atoms with Crippen molar-refractivity contribution < 1.29 is 13.2 Å². The number of hydrogen-bond acceptors (Lipinski definition) is 2. The fourth-order valence-electron chi connectivity index (χ4n) is 2.13. The van der Waals surface area contributed by atoms with Crippen LogP contribution < -0.4 is 5.32 Å². The molecule has 1 N–H and O–H groups in total. The molecule has 0 spiro atoms. The number of benzene rings is 1. The Morgan fingerprint density at radius 3 is 2.52 bits per heavy atom. The number of hydrogen-bond donors (Lipinski definition) is 1. The quantitative estimate of drug-likeness (QED) is 0.830. The Labute approximate surface area is 121 Å². The van der Waals surface area contributed by atoms with E-state index in [1.807, 2.05) is 31.2 Å². The molecule has 6 heteroatoms. The van der Waals surface area contributed by atoms with E-state index in [0.717, 1.165) is 43.0 Å². The highest BCUT2D eigenvalue weighted by molar-refractivity contribution is 5.28. The van der Waals surface area contributed by atoms with Crippen molar-refractivity contribution in [2.45, 2.75) is 26.1 Å². The summed E-state index contributed by atoms with van der Waals surface area (Å²) >= 11 is 0. The second kappa shape index (κ2) is 6.76. The lowest BCUT2D eigenvalue weighted by Crippen LogP contribution is -2.17. The highest BCUT2D eigenvalue weighted by Gasteiger charge is 2.32. The Morgan fingerprint density at radius 1 is 1.19 bits per heavy atom. The van der Waals surface area contributed by atoms with Crippen LogP contribution in [0.5, 0.6) is 0 Å². The second-order valence-electron chi connectivity index (χ2n) is 4.80. The topological polar surface area (TPSA) is 29.9 Å². The monoisotopic (exact) mass is 297 g/mol. The van der Waals surface area contributed by atoms with Gasteiger partial charge in [0, 0.05) is 6.20 Å². The van der Waals surface area contributed by atoms with E-state index in [1.54, 1.807) is 0 Å². The van der Waals surface area contributed by atoms with Gasteiger partial charge in [-0.2, -0.15) is 18.3 Å². The largest absolute Gasteiger partial charge is 0.419 e. The lowest BCUT2D eigenvalue weighted by Gasteiger charge is -2.10. The summed E-state index contributed by atoms with van der Waals surface area (Å²) in [5.74, 6) is 0. The van der Waals surface area contributed by atoms with Crippen molar-refractivity contribution >= 4 is 0 Å². The predicted octanol–water partition coefficient (Wildman–Crippen LogP) is 3.10. The molecule has 3 nitrogen and oxygen atoms in total. The molecule has 2 aromatic rings. The third kappa shape index (κ3) is 4.32. The first-order valence-corrected chi connectivity index (χ1v) is 6.88. The molecule has 0 saturated carbocycles. The van der Waals surface area contributed by atoms with E-state index in [9.17, 15) is 13.2 Å². The van der Waals surface area contributed by atoms with Gasteiger partial charge in [-0.05, 0) is 30.6 Å². The van der Waals surface area contributed by atoms with Gasteiger partial charge in [0.2, 0.25) is 0 Å². The number of rotatable bonds is 6. The van der Waals surface area contributed by atoms with Gasteiger partial charge < -0.3 is 5.32 Å². The average molecular weight is 297 g/mol. The number of halogens is 3. The molecule has 0 aliphatic heterocycles. The van der Waals surface area contributed by atoms with E-state index in [2.05, 4.69) is 10.4 Å². The summed E-state index contributed by atoms with van der Waals surface area (Å²) < 4.78 is 39.0. The number of likely N-dealkylation sites (N-methyl/N-ethyl adjacent to an activating group) is 1. The molecule has 0 atom stereocenters. The van der Waals surface area contributed by atoms with Crippen LogP contribution >= 0.6 is 0 Å². The Balaban J connectivity index is 2.10. The van der Waals surface area contributed by atoms with Crippen molar-refractivity contribution in [1.82, 2.24) is 15.1 Å². The van der Waals surface area contributed by atoms with Crippen LogP contribution in [0.4, 0.5) is 13.2 Å². The summed E-state index contributed by atoms with van der Waals surface area (Å²) in [6, 6.07) is 7.76. The fraction of sp³-hybridized carbons (Fsp3) is 0.400. The summed E-state index contributed by atoms with van der Waals surface area (Å²) in [6.07, 6.45) is -1.59. The van der Waals surface area contributed by atoms with Crippen molar-refractivity contribution in [3.63, 3.8) is 0 Å². The maximum Gasteiger partial charge on any atom is 0.419 e. The molecule has 0 fully saturated rings. The van der Waals surface area contributed by atoms with Crippen molar-refractivity contribution in [3.8, 4) is 0 Å². The Hall–Kier alpha value is -1.82. The molecule has 0 unspecified atom stereocenters. The van der Waals surface area contributed by atoms with Crippen molar-refractivity contribution in [2.75, 3.05) is 13.1 Å². The Bertz CT molecular complexity index is 576. The zero-order valence-corrected chi connectivity index (χ0v) is 11.8. The molecular formula is C15H18F3N3. The minimum Gasteiger partial charge on any atom is -0.317 e. The van der Waals surface area contributed by atoms with Crippen LogP contribution in [0.3, 0.4) is 0 Å². The van der Waals surface area contributed by atoms with Gasteiger partial charge in [-0.3, -0.25) is 4.68 Å². The van der Waals surface area contributed by atoms with Gasteiger partial charge in [0.15, 0.2) is 0 Å². The van der Waals surface area contributed by atoms with Gasteiger partial charge in [0.05, 0.1) is 18.3 Å². The Kier molecular flexibility index (Phi) is 5.01. The van der Waals surface area contributed by atoms with E-state index in [-0.39, 0.29) is 0 Å².